The monoisotopic (exact) mass is 423 g/mol. The van der Waals surface area contributed by atoms with Gasteiger partial charge in [-0.3, -0.25) is 9.59 Å². The minimum Gasteiger partial charge on any atom is -0.344 e. The highest BCUT2D eigenvalue weighted by Crippen LogP contribution is 2.28. The lowest BCUT2D eigenvalue weighted by molar-refractivity contribution is 0.0745. The Morgan fingerprint density at radius 1 is 1.07 bits per heavy atom. The summed E-state index contributed by atoms with van der Waals surface area (Å²) in [5, 5.41) is 2.87. The van der Waals surface area contributed by atoms with Crippen LogP contribution in [-0.2, 0) is 0 Å². The number of pyridine rings is 2. The Balaban J connectivity index is 1.29. The van der Waals surface area contributed by atoms with Crippen molar-refractivity contribution in [2.24, 2.45) is 0 Å². The van der Waals surface area contributed by atoms with Crippen LogP contribution in [0.1, 0.15) is 10.4 Å². The first-order valence-electron chi connectivity index (χ1n) is 9.22. The van der Waals surface area contributed by atoms with E-state index in [9.17, 15) is 9.59 Å². The normalized spacial score (nSPS) is 14.5. The fourth-order valence-electron chi connectivity index (χ4n) is 3.38. The number of anilines is 1. The van der Waals surface area contributed by atoms with Crippen LogP contribution in [0.4, 0.5) is 5.13 Å². The first-order valence-corrected chi connectivity index (χ1v) is 10.9. The molecule has 1 aliphatic heterocycles. The van der Waals surface area contributed by atoms with Gasteiger partial charge < -0.3 is 14.8 Å². The molecule has 1 fully saturated rings. The Morgan fingerprint density at radius 3 is 2.66 bits per heavy atom. The average Bonchev–Trinajstić information content (AvgIpc) is 3.43. The van der Waals surface area contributed by atoms with E-state index in [1.54, 1.807) is 45.9 Å². The van der Waals surface area contributed by atoms with Gasteiger partial charge in [0, 0.05) is 32.4 Å². The van der Waals surface area contributed by atoms with Gasteiger partial charge in [0.15, 0.2) is 5.13 Å². The molecule has 5 rings (SSSR count). The van der Waals surface area contributed by atoms with E-state index >= 15 is 0 Å². The molecule has 4 aromatic heterocycles. The van der Waals surface area contributed by atoms with Crippen LogP contribution in [0.15, 0.2) is 52.8 Å². The number of nitrogens with zero attached hydrogens (tertiary/aromatic N) is 4. The van der Waals surface area contributed by atoms with Crippen molar-refractivity contribution in [3.05, 3.63) is 63.9 Å². The number of amides is 1. The number of thiazole rings is 1. The predicted octanol–water partition coefficient (Wildman–Crippen LogP) is 3.07. The van der Waals surface area contributed by atoms with Gasteiger partial charge in [0.25, 0.3) is 11.5 Å². The Kier molecular flexibility index (Phi) is 4.61. The third kappa shape index (κ3) is 3.43. The highest BCUT2D eigenvalue weighted by molar-refractivity contribution is 7.21. The van der Waals surface area contributed by atoms with Gasteiger partial charge in [0.1, 0.15) is 15.9 Å². The molecule has 7 nitrogen and oxygen atoms in total. The minimum atomic E-state index is -0.347. The van der Waals surface area contributed by atoms with Gasteiger partial charge in [-0.25, -0.2) is 9.97 Å². The van der Waals surface area contributed by atoms with Crippen LogP contribution in [0.5, 0.6) is 0 Å². The molecule has 1 aliphatic rings. The molecule has 0 spiro atoms. The molecule has 0 aromatic carbocycles. The summed E-state index contributed by atoms with van der Waals surface area (Å²) in [5.74, 6) is -0.227. The maximum Gasteiger partial charge on any atom is 0.261 e. The molecule has 29 heavy (non-hydrogen) atoms. The topological polar surface area (TPSA) is 82.2 Å². The van der Waals surface area contributed by atoms with Gasteiger partial charge in [-0.2, -0.15) is 0 Å². The van der Waals surface area contributed by atoms with Gasteiger partial charge in [0.2, 0.25) is 0 Å². The zero-order valence-corrected chi connectivity index (χ0v) is 17.0. The molecular weight excluding hydrogens is 406 g/mol. The predicted molar refractivity (Wildman–Crippen MR) is 116 cm³/mol. The SMILES string of the molecule is O=C(c1ccc(-c2cccs2)[nH]c1=O)N1CCN(c2nc3cccnc3s2)CC1. The molecule has 5 heterocycles. The van der Waals surface area contributed by atoms with E-state index in [2.05, 4.69) is 19.9 Å². The number of aromatic nitrogens is 3. The number of piperazine rings is 1. The van der Waals surface area contributed by atoms with Crippen LogP contribution in [0.25, 0.3) is 20.9 Å². The van der Waals surface area contributed by atoms with Gasteiger partial charge in [0.05, 0.1) is 10.6 Å². The van der Waals surface area contributed by atoms with Gasteiger partial charge in [-0.15, -0.1) is 11.3 Å². The van der Waals surface area contributed by atoms with Crippen molar-refractivity contribution in [1.82, 2.24) is 19.9 Å². The molecule has 0 aliphatic carbocycles. The number of carbonyl (C=O) groups excluding carboxylic acids is 1. The summed E-state index contributed by atoms with van der Waals surface area (Å²) in [5.41, 5.74) is 1.46. The van der Waals surface area contributed by atoms with E-state index in [4.69, 9.17) is 0 Å². The van der Waals surface area contributed by atoms with E-state index < -0.39 is 0 Å². The lowest BCUT2D eigenvalue weighted by atomic mass is 10.2. The summed E-state index contributed by atoms with van der Waals surface area (Å²) in [4.78, 5) is 42.9. The van der Waals surface area contributed by atoms with Gasteiger partial charge in [-0.1, -0.05) is 17.4 Å². The second-order valence-corrected chi connectivity index (χ2v) is 8.60. The van der Waals surface area contributed by atoms with Crippen molar-refractivity contribution in [2.75, 3.05) is 31.1 Å². The van der Waals surface area contributed by atoms with Crippen molar-refractivity contribution >= 4 is 44.1 Å². The molecule has 0 atom stereocenters. The van der Waals surface area contributed by atoms with Crippen LogP contribution in [0.2, 0.25) is 0 Å². The Labute approximate surface area is 174 Å². The molecule has 0 unspecified atom stereocenters. The summed E-state index contributed by atoms with van der Waals surface area (Å²) < 4.78 is 0. The van der Waals surface area contributed by atoms with Crippen LogP contribution in [0.3, 0.4) is 0 Å². The highest BCUT2D eigenvalue weighted by atomic mass is 32.1. The fourth-order valence-corrected chi connectivity index (χ4v) is 5.05. The Hall–Kier alpha value is -3.04. The average molecular weight is 424 g/mol. The number of carbonyl (C=O) groups is 1. The molecule has 1 amide bonds. The van der Waals surface area contributed by atoms with Crippen LogP contribution in [-0.4, -0.2) is 51.9 Å². The number of thiophene rings is 1. The number of H-pyrrole nitrogens is 1. The number of aromatic amines is 1. The molecule has 1 saturated heterocycles. The number of hydrogen-bond donors (Lipinski definition) is 1. The zero-order valence-electron chi connectivity index (χ0n) is 15.4. The standard InChI is InChI=1S/C20H17N5O2S2/c26-17-13(5-6-14(22-17)16-4-2-12-28-16)19(27)24-8-10-25(11-9-24)20-23-15-3-1-7-21-18(15)29-20/h1-7,12H,8-11H2,(H,22,26). The van der Waals surface area contributed by atoms with Crippen molar-refractivity contribution in [3.8, 4) is 10.6 Å². The van der Waals surface area contributed by atoms with Crippen LogP contribution in [0, 0.1) is 0 Å². The fraction of sp³-hybridized carbons (Fsp3) is 0.200. The summed E-state index contributed by atoms with van der Waals surface area (Å²) >= 11 is 3.10. The molecule has 0 saturated carbocycles. The molecule has 9 heteroatoms. The van der Waals surface area contributed by atoms with Crippen molar-refractivity contribution < 1.29 is 4.79 Å². The number of rotatable bonds is 3. The zero-order chi connectivity index (χ0) is 19.8. The highest BCUT2D eigenvalue weighted by Gasteiger charge is 2.25. The summed E-state index contributed by atoms with van der Waals surface area (Å²) in [7, 11) is 0. The Morgan fingerprint density at radius 2 is 1.93 bits per heavy atom. The van der Waals surface area contributed by atoms with Gasteiger partial charge >= 0.3 is 0 Å². The van der Waals surface area contributed by atoms with Crippen molar-refractivity contribution in [3.63, 3.8) is 0 Å². The number of hydrogen-bond acceptors (Lipinski definition) is 7. The molecule has 4 aromatic rings. The van der Waals surface area contributed by atoms with E-state index in [-0.39, 0.29) is 17.0 Å². The van der Waals surface area contributed by atoms with Gasteiger partial charge in [-0.05, 0) is 35.7 Å². The third-order valence-electron chi connectivity index (χ3n) is 4.92. The van der Waals surface area contributed by atoms with E-state index in [0.717, 1.165) is 26.0 Å². The molecule has 0 radical (unpaired) electrons. The summed E-state index contributed by atoms with van der Waals surface area (Å²) in [6.45, 7) is 2.45. The van der Waals surface area contributed by atoms with Crippen molar-refractivity contribution in [2.45, 2.75) is 0 Å². The quantitative estimate of drug-likeness (QED) is 0.548. The number of nitrogens with one attached hydrogen (secondary N) is 1. The molecule has 0 bridgehead atoms. The molecule has 1 N–H and O–H groups in total. The first kappa shape index (κ1) is 18.0. The maximum absolute atomic E-state index is 12.9. The summed E-state index contributed by atoms with van der Waals surface area (Å²) in [6, 6.07) is 11.1. The van der Waals surface area contributed by atoms with Crippen LogP contribution < -0.4 is 10.5 Å². The van der Waals surface area contributed by atoms with E-state index in [0.29, 0.717) is 26.2 Å². The lowest BCUT2D eigenvalue weighted by Gasteiger charge is -2.34. The maximum atomic E-state index is 12.9. The van der Waals surface area contributed by atoms with E-state index in [1.807, 2.05) is 29.6 Å². The summed E-state index contributed by atoms with van der Waals surface area (Å²) in [6.07, 6.45) is 1.77. The third-order valence-corrected chi connectivity index (χ3v) is 6.86. The Bertz CT molecular complexity index is 1190. The first-order chi connectivity index (χ1) is 14.2. The molecule has 146 valence electrons. The van der Waals surface area contributed by atoms with Crippen molar-refractivity contribution in [1.29, 1.82) is 0 Å². The van der Waals surface area contributed by atoms with Crippen LogP contribution >= 0.6 is 22.7 Å². The number of fused-ring (bicyclic) bond motifs is 1. The largest absolute Gasteiger partial charge is 0.344 e. The lowest BCUT2D eigenvalue weighted by Crippen LogP contribution is -2.49. The second-order valence-electron chi connectivity index (χ2n) is 6.70. The minimum absolute atomic E-state index is 0.183. The van der Waals surface area contributed by atoms with E-state index in [1.165, 1.54) is 0 Å². The smallest absolute Gasteiger partial charge is 0.261 e. The molecular formula is C20H17N5O2S2. The second kappa shape index (κ2) is 7.41.